The van der Waals surface area contributed by atoms with Crippen molar-refractivity contribution in [3.8, 4) is 17.5 Å². The molecule has 178 valence electrons. The summed E-state index contributed by atoms with van der Waals surface area (Å²) in [6.07, 6.45) is 4.71. The predicted octanol–water partition coefficient (Wildman–Crippen LogP) is 3.83. The minimum Gasteiger partial charge on any atom is -0.494 e. The number of aliphatic hydroxyl groups is 1. The van der Waals surface area contributed by atoms with Gasteiger partial charge in [-0.15, -0.1) is 0 Å². The van der Waals surface area contributed by atoms with Gasteiger partial charge in [0.15, 0.2) is 0 Å². The summed E-state index contributed by atoms with van der Waals surface area (Å²) in [6, 6.07) is 10.2. The summed E-state index contributed by atoms with van der Waals surface area (Å²) in [4.78, 5) is 17.5. The normalized spacial score (nSPS) is 11.7. The largest absolute Gasteiger partial charge is 0.494 e. The van der Waals surface area contributed by atoms with Gasteiger partial charge < -0.3 is 24.3 Å². The molecule has 2 aromatic carbocycles. The van der Waals surface area contributed by atoms with Crippen LogP contribution in [-0.2, 0) is 0 Å². The van der Waals surface area contributed by atoms with Crippen LogP contribution in [-0.4, -0.2) is 32.9 Å². The number of nitrogens with zero attached hydrogens (tertiary/aromatic N) is 4. The number of nitriles is 1. The molecule has 35 heavy (non-hydrogen) atoms. The smallest absolute Gasteiger partial charge is 0.274 e. The van der Waals surface area contributed by atoms with E-state index < -0.39 is 29.8 Å². The number of imidazole rings is 1. The second kappa shape index (κ2) is 9.79. The summed E-state index contributed by atoms with van der Waals surface area (Å²) >= 11 is 0. The maximum atomic E-state index is 14.4. The zero-order valence-electron chi connectivity index (χ0n) is 18.9. The van der Waals surface area contributed by atoms with Gasteiger partial charge in [-0.25, -0.2) is 13.8 Å². The van der Waals surface area contributed by atoms with E-state index in [1.54, 1.807) is 29.1 Å². The van der Waals surface area contributed by atoms with E-state index in [9.17, 15) is 23.9 Å². The molecule has 2 aromatic heterocycles. The lowest BCUT2D eigenvalue weighted by atomic mass is 10.1. The SMILES string of the molecule is COc1cc(Nc2cc(C#N)cn([C@@H](CO)c3ccc(F)cc3F)c2=O)ccc1-n1cnc(C)c1. The van der Waals surface area contributed by atoms with Crippen LogP contribution >= 0.6 is 0 Å². The molecule has 0 saturated carbocycles. The number of rotatable bonds is 7. The fourth-order valence-corrected chi connectivity index (χ4v) is 3.77. The standard InChI is InChI=1S/C25H21F2N5O3/c1-15-11-31(14-29-15)22-6-4-18(9-24(22)35-2)30-21-7-16(10-28)12-32(25(21)34)23(13-33)19-5-3-17(26)8-20(19)27/h3-9,11-12,14,23,30,33H,13H2,1-2H3/t23-/m0/s1. The Morgan fingerprint density at radius 1 is 1.20 bits per heavy atom. The number of aromatic nitrogens is 3. The molecule has 8 nitrogen and oxygen atoms in total. The van der Waals surface area contributed by atoms with E-state index in [2.05, 4.69) is 10.3 Å². The monoisotopic (exact) mass is 477 g/mol. The molecule has 0 bridgehead atoms. The second-order valence-electron chi connectivity index (χ2n) is 7.76. The second-order valence-corrected chi connectivity index (χ2v) is 7.76. The highest BCUT2D eigenvalue weighted by molar-refractivity contribution is 5.65. The Morgan fingerprint density at radius 3 is 2.63 bits per heavy atom. The first-order valence-electron chi connectivity index (χ1n) is 10.5. The first kappa shape index (κ1) is 23.7. The number of anilines is 2. The van der Waals surface area contributed by atoms with E-state index in [0.29, 0.717) is 17.5 Å². The first-order valence-corrected chi connectivity index (χ1v) is 10.5. The van der Waals surface area contributed by atoms with Crippen molar-refractivity contribution in [2.24, 2.45) is 0 Å². The van der Waals surface area contributed by atoms with Crippen molar-refractivity contribution in [3.05, 3.63) is 100.0 Å². The molecule has 0 amide bonds. The van der Waals surface area contributed by atoms with Crippen molar-refractivity contribution in [1.29, 1.82) is 5.26 Å². The lowest BCUT2D eigenvalue weighted by Gasteiger charge is -2.20. The van der Waals surface area contributed by atoms with Gasteiger partial charge in [0.05, 0.1) is 43.0 Å². The number of ether oxygens (including phenoxy) is 1. The maximum Gasteiger partial charge on any atom is 0.274 e. The van der Waals surface area contributed by atoms with Crippen LogP contribution in [0.3, 0.4) is 0 Å². The number of hydrogen-bond acceptors (Lipinski definition) is 6. The predicted molar refractivity (Wildman–Crippen MR) is 125 cm³/mol. The van der Waals surface area contributed by atoms with Crippen molar-refractivity contribution in [2.75, 3.05) is 19.0 Å². The zero-order valence-corrected chi connectivity index (χ0v) is 18.9. The summed E-state index contributed by atoms with van der Waals surface area (Å²) in [6.45, 7) is 1.22. The van der Waals surface area contributed by atoms with Gasteiger partial charge in [0.25, 0.3) is 5.56 Å². The number of benzene rings is 2. The van der Waals surface area contributed by atoms with Crippen LogP contribution in [0, 0.1) is 29.9 Å². The van der Waals surface area contributed by atoms with Crippen LogP contribution in [0.25, 0.3) is 5.69 Å². The van der Waals surface area contributed by atoms with E-state index in [0.717, 1.165) is 28.1 Å². The number of pyridine rings is 1. The number of halogens is 2. The lowest BCUT2D eigenvalue weighted by molar-refractivity contribution is 0.244. The molecule has 0 aliphatic carbocycles. The van der Waals surface area contributed by atoms with E-state index in [1.807, 2.05) is 19.2 Å². The number of nitrogens with one attached hydrogen (secondary N) is 1. The van der Waals surface area contributed by atoms with Gasteiger partial charge in [-0.3, -0.25) is 4.79 Å². The third kappa shape index (κ3) is 4.76. The number of aliphatic hydroxyl groups excluding tert-OH is 1. The minimum absolute atomic E-state index is 0.0262. The van der Waals surface area contributed by atoms with E-state index in [4.69, 9.17) is 4.74 Å². The van der Waals surface area contributed by atoms with Crippen molar-refractivity contribution in [2.45, 2.75) is 13.0 Å². The Morgan fingerprint density at radius 2 is 2.00 bits per heavy atom. The van der Waals surface area contributed by atoms with Gasteiger partial charge in [0.1, 0.15) is 29.1 Å². The number of methoxy groups -OCH3 is 1. The molecule has 0 aliphatic heterocycles. The number of hydrogen-bond donors (Lipinski definition) is 2. The highest BCUT2D eigenvalue weighted by Crippen LogP contribution is 2.29. The van der Waals surface area contributed by atoms with Crippen LogP contribution in [0.15, 0.2) is 66.0 Å². The van der Waals surface area contributed by atoms with Crippen LogP contribution in [0.1, 0.15) is 22.9 Å². The Balaban J connectivity index is 1.75. The Labute approximate surface area is 199 Å². The molecule has 4 rings (SSSR count). The van der Waals surface area contributed by atoms with Gasteiger partial charge in [0.2, 0.25) is 0 Å². The van der Waals surface area contributed by atoms with Crippen molar-refractivity contribution in [1.82, 2.24) is 14.1 Å². The van der Waals surface area contributed by atoms with Crippen LogP contribution in [0.4, 0.5) is 20.2 Å². The van der Waals surface area contributed by atoms with E-state index >= 15 is 0 Å². The fraction of sp³-hybridized carbons (Fsp3) is 0.160. The lowest BCUT2D eigenvalue weighted by Crippen LogP contribution is -2.29. The number of aryl methyl sites for hydroxylation is 1. The van der Waals surface area contributed by atoms with Gasteiger partial charge in [-0.2, -0.15) is 5.26 Å². The molecule has 1 atom stereocenters. The molecule has 0 spiro atoms. The first-order chi connectivity index (χ1) is 16.8. The molecule has 0 radical (unpaired) electrons. The molecule has 4 aromatic rings. The third-order valence-electron chi connectivity index (χ3n) is 5.45. The highest BCUT2D eigenvalue weighted by Gasteiger charge is 2.21. The molecule has 0 unspecified atom stereocenters. The van der Waals surface area contributed by atoms with E-state index in [1.165, 1.54) is 19.4 Å². The van der Waals surface area contributed by atoms with Gasteiger partial charge >= 0.3 is 0 Å². The zero-order chi connectivity index (χ0) is 25.1. The minimum atomic E-state index is -1.17. The van der Waals surface area contributed by atoms with Gasteiger partial charge in [-0.05, 0) is 31.2 Å². The summed E-state index contributed by atoms with van der Waals surface area (Å²) < 4.78 is 36.2. The quantitative estimate of drug-likeness (QED) is 0.419. The highest BCUT2D eigenvalue weighted by atomic mass is 19.1. The van der Waals surface area contributed by atoms with Crippen LogP contribution in [0.5, 0.6) is 5.75 Å². The Kier molecular flexibility index (Phi) is 6.62. The van der Waals surface area contributed by atoms with Crippen LogP contribution in [0.2, 0.25) is 0 Å². The maximum absolute atomic E-state index is 14.4. The Bertz CT molecular complexity index is 1490. The topological polar surface area (TPSA) is 105 Å². The summed E-state index contributed by atoms with van der Waals surface area (Å²) in [5.41, 5.74) is 1.49. The molecule has 0 fully saturated rings. The van der Waals surface area contributed by atoms with Crippen molar-refractivity contribution >= 4 is 11.4 Å². The Hall–Kier alpha value is -4.49. The van der Waals surface area contributed by atoms with E-state index in [-0.39, 0.29) is 16.8 Å². The molecular formula is C25H21F2N5O3. The summed E-state index contributed by atoms with van der Waals surface area (Å²) in [7, 11) is 1.51. The fourth-order valence-electron chi connectivity index (χ4n) is 3.77. The summed E-state index contributed by atoms with van der Waals surface area (Å²) in [5, 5.41) is 22.4. The third-order valence-corrected chi connectivity index (χ3v) is 5.45. The molecule has 2 N–H and O–H groups in total. The van der Waals surface area contributed by atoms with Gasteiger partial charge in [-0.1, -0.05) is 6.07 Å². The molecule has 0 aliphatic rings. The van der Waals surface area contributed by atoms with Crippen LogP contribution < -0.4 is 15.6 Å². The average Bonchev–Trinajstić information content (AvgIpc) is 3.28. The molecule has 2 heterocycles. The van der Waals surface area contributed by atoms with Crippen molar-refractivity contribution < 1.29 is 18.6 Å². The summed E-state index contributed by atoms with van der Waals surface area (Å²) in [5.74, 6) is -1.19. The molecular weight excluding hydrogens is 456 g/mol. The van der Waals surface area contributed by atoms with Gasteiger partial charge in [0, 0.05) is 35.8 Å². The average molecular weight is 477 g/mol. The van der Waals surface area contributed by atoms with Crippen molar-refractivity contribution in [3.63, 3.8) is 0 Å². The molecule has 0 saturated heterocycles. The molecule has 10 heteroatoms.